The fourth-order valence-corrected chi connectivity index (χ4v) is 3.28. The second kappa shape index (κ2) is 8.01. The molecule has 0 atom stereocenters. The normalized spacial score (nSPS) is 15.2. The van der Waals surface area contributed by atoms with Crippen LogP contribution in [-0.4, -0.2) is 49.0 Å². The molecule has 1 saturated heterocycles. The van der Waals surface area contributed by atoms with E-state index in [0.717, 1.165) is 5.56 Å². The first kappa shape index (κ1) is 18.6. The summed E-state index contributed by atoms with van der Waals surface area (Å²) in [7, 11) is 1.43. The highest BCUT2D eigenvalue weighted by atomic mass is 35.5. The lowest BCUT2D eigenvalue weighted by molar-refractivity contribution is 0.0624. The summed E-state index contributed by atoms with van der Waals surface area (Å²) in [5.74, 6) is -1.19. The zero-order valence-corrected chi connectivity index (χ0v) is 15.1. The Morgan fingerprint density at radius 3 is 2.46 bits per heavy atom. The molecule has 26 heavy (non-hydrogen) atoms. The van der Waals surface area contributed by atoms with Crippen LogP contribution in [0, 0.1) is 11.6 Å². The van der Waals surface area contributed by atoms with Crippen molar-refractivity contribution in [3.05, 3.63) is 64.2 Å². The predicted molar refractivity (Wildman–Crippen MR) is 95.5 cm³/mol. The number of benzene rings is 2. The Morgan fingerprint density at radius 1 is 1.12 bits per heavy atom. The van der Waals surface area contributed by atoms with Gasteiger partial charge in [0.05, 0.1) is 17.7 Å². The molecule has 7 heteroatoms. The number of nitrogens with zero attached hydrogens (tertiary/aromatic N) is 2. The van der Waals surface area contributed by atoms with Crippen molar-refractivity contribution in [1.29, 1.82) is 0 Å². The van der Waals surface area contributed by atoms with Gasteiger partial charge < -0.3 is 9.64 Å². The molecule has 1 fully saturated rings. The highest BCUT2D eigenvalue weighted by Crippen LogP contribution is 2.22. The lowest BCUT2D eigenvalue weighted by Gasteiger charge is -2.35. The first-order valence-electron chi connectivity index (χ1n) is 8.27. The lowest BCUT2D eigenvalue weighted by atomic mass is 10.1. The predicted octanol–water partition coefficient (Wildman–Crippen LogP) is 3.58. The van der Waals surface area contributed by atoms with Gasteiger partial charge in [0.15, 0.2) is 11.6 Å². The number of hydrogen-bond acceptors (Lipinski definition) is 3. The third kappa shape index (κ3) is 3.97. The second-order valence-electron chi connectivity index (χ2n) is 6.13. The Bertz CT molecular complexity index is 788. The summed E-state index contributed by atoms with van der Waals surface area (Å²) in [6, 6.07) is 9.08. The van der Waals surface area contributed by atoms with E-state index in [4.69, 9.17) is 16.3 Å². The van der Waals surface area contributed by atoms with Gasteiger partial charge in [-0.2, -0.15) is 0 Å². The summed E-state index contributed by atoms with van der Waals surface area (Å²) in [4.78, 5) is 16.3. The molecule has 0 saturated carbocycles. The molecule has 4 nitrogen and oxygen atoms in total. The summed E-state index contributed by atoms with van der Waals surface area (Å²) in [6.45, 7) is 2.73. The van der Waals surface area contributed by atoms with Crippen molar-refractivity contribution in [2.24, 2.45) is 0 Å². The van der Waals surface area contributed by atoms with Crippen molar-refractivity contribution in [3.8, 4) is 5.75 Å². The Kier molecular flexibility index (Phi) is 5.74. The molecule has 0 spiro atoms. The number of halogens is 3. The van der Waals surface area contributed by atoms with E-state index in [0.29, 0.717) is 32.7 Å². The largest absolute Gasteiger partial charge is 0.494 e. The van der Waals surface area contributed by atoms with E-state index in [9.17, 15) is 13.6 Å². The lowest BCUT2D eigenvalue weighted by Crippen LogP contribution is -2.48. The Labute approximate surface area is 155 Å². The molecular weight excluding hydrogens is 362 g/mol. The topological polar surface area (TPSA) is 32.8 Å². The maximum Gasteiger partial charge on any atom is 0.258 e. The number of carbonyl (C=O) groups is 1. The molecule has 0 unspecified atom stereocenters. The minimum atomic E-state index is -0.612. The summed E-state index contributed by atoms with van der Waals surface area (Å²) < 4.78 is 32.6. The van der Waals surface area contributed by atoms with E-state index in [-0.39, 0.29) is 16.3 Å². The van der Waals surface area contributed by atoms with Crippen molar-refractivity contribution in [3.63, 3.8) is 0 Å². The molecule has 0 aromatic heterocycles. The van der Waals surface area contributed by atoms with Crippen molar-refractivity contribution >= 4 is 17.5 Å². The van der Waals surface area contributed by atoms with Gasteiger partial charge in [0, 0.05) is 32.7 Å². The molecule has 2 aromatic carbocycles. The zero-order chi connectivity index (χ0) is 18.7. The Balaban J connectivity index is 1.61. The standard InChI is InChI=1S/C19H19ClF2N2O2/c1-26-17-6-5-13(11-16(17)22)12-23-7-9-24(10-8-23)19(25)18-14(20)3-2-4-15(18)21/h2-6,11H,7-10,12H2,1H3. The van der Waals surface area contributed by atoms with Crippen LogP contribution in [0.25, 0.3) is 0 Å². The molecule has 2 aromatic rings. The highest BCUT2D eigenvalue weighted by Gasteiger charge is 2.26. The molecule has 0 N–H and O–H groups in total. The van der Waals surface area contributed by atoms with E-state index in [1.807, 2.05) is 6.07 Å². The molecule has 1 aliphatic rings. The first-order valence-corrected chi connectivity index (χ1v) is 8.65. The van der Waals surface area contributed by atoms with Crippen molar-refractivity contribution in [1.82, 2.24) is 9.80 Å². The molecule has 1 aliphatic heterocycles. The van der Waals surface area contributed by atoms with Crippen LogP contribution in [0.1, 0.15) is 15.9 Å². The zero-order valence-electron chi connectivity index (χ0n) is 14.3. The van der Waals surface area contributed by atoms with Crippen molar-refractivity contribution in [2.45, 2.75) is 6.54 Å². The van der Waals surface area contributed by atoms with Crippen LogP contribution in [0.4, 0.5) is 8.78 Å². The van der Waals surface area contributed by atoms with Gasteiger partial charge in [-0.05, 0) is 29.8 Å². The molecule has 0 radical (unpaired) electrons. The van der Waals surface area contributed by atoms with Crippen molar-refractivity contribution in [2.75, 3.05) is 33.3 Å². The average molecular weight is 381 g/mol. The van der Waals surface area contributed by atoms with Crippen LogP contribution in [0.15, 0.2) is 36.4 Å². The number of carbonyl (C=O) groups excluding carboxylic acids is 1. The SMILES string of the molecule is COc1ccc(CN2CCN(C(=O)c3c(F)cccc3Cl)CC2)cc1F. The van der Waals surface area contributed by atoms with Crippen LogP contribution < -0.4 is 4.74 Å². The highest BCUT2D eigenvalue weighted by molar-refractivity contribution is 6.33. The van der Waals surface area contributed by atoms with E-state index in [2.05, 4.69) is 4.90 Å². The third-order valence-electron chi connectivity index (χ3n) is 4.46. The molecule has 138 valence electrons. The van der Waals surface area contributed by atoms with Gasteiger partial charge in [-0.3, -0.25) is 9.69 Å². The van der Waals surface area contributed by atoms with E-state index >= 15 is 0 Å². The third-order valence-corrected chi connectivity index (χ3v) is 4.77. The Morgan fingerprint density at radius 2 is 1.85 bits per heavy atom. The number of ether oxygens (including phenoxy) is 1. The summed E-state index contributed by atoms with van der Waals surface area (Å²) >= 11 is 5.98. The van der Waals surface area contributed by atoms with Crippen LogP contribution in [0.5, 0.6) is 5.75 Å². The number of piperazine rings is 1. The quantitative estimate of drug-likeness (QED) is 0.812. The fraction of sp³-hybridized carbons (Fsp3) is 0.316. The van der Waals surface area contributed by atoms with Gasteiger partial charge in [0.2, 0.25) is 0 Å². The summed E-state index contributed by atoms with van der Waals surface area (Å²) in [6.07, 6.45) is 0. The molecule has 1 heterocycles. The van der Waals surface area contributed by atoms with Crippen molar-refractivity contribution < 1.29 is 18.3 Å². The van der Waals surface area contributed by atoms with Gasteiger partial charge in [0.1, 0.15) is 5.82 Å². The minimum Gasteiger partial charge on any atom is -0.494 e. The maximum absolute atomic E-state index is 13.9. The van der Waals surface area contributed by atoms with Crippen LogP contribution in [0.3, 0.4) is 0 Å². The van der Waals surface area contributed by atoms with E-state index in [1.54, 1.807) is 11.0 Å². The Hall–Kier alpha value is -2.18. The average Bonchev–Trinajstić information content (AvgIpc) is 2.62. The molecular formula is C19H19ClF2N2O2. The fourth-order valence-electron chi connectivity index (χ4n) is 3.04. The maximum atomic E-state index is 13.9. The number of methoxy groups -OCH3 is 1. The van der Waals surface area contributed by atoms with Gasteiger partial charge >= 0.3 is 0 Å². The van der Waals surface area contributed by atoms with Gasteiger partial charge in [0.25, 0.3) is 5.91 Å². The summed E-state index contributed by atoms with van der Waals surface area (Å²) in [5, 5.41) is 0.117. The number of amides is 1. The van der Waals surface area contributed by atoms with Crippen LogP contribution in [0.2, 0.25) is 5.02 Å². The van der Waals surface area contributed by atoms with E-state index in [1.165, 1.54) is 31.4 Å². The molecule has 0 bridgehead atoms. The van der Waals surface area contributed by atoms with Gasteiger partial charge in [-0.25, -0.2) is 8.78 Å². The van der Waals surface area contributed by atoms with Crippen LogP contribution >= 0.6 is 11.6 Å². The monoisotopic (exact) mass is 380 g/mol. The molecule has 0 aliphatic carbocycles. The number of hydrogen-bond donors (Lipinski definition) is 0. The van der Waals surface area contributed by atoms with E-state index < -0.39 is 17.5 Å². The van der Waals surface area contributed by atoms with Gasteiger partial charge in [-0.15, -0.1) is 0 Å². The minimum absolute atomic E-state index is 0.0835. The smallest absolute Gasteiger partial charge is 0.258 e. The van der Waals surface area contributed by atoms with Gasteiger partial charge in [-0.1, -0.05) is 23.7 Å². The summed E-state index contributed by atoms with van der Waals surface area (Å²) in [5.41, 5.74) is 0.750. The molecule has 1 amide bonds. The number of rotatable bonds is 4. The first-order chi connectivity index (χ1) is 12.5. The van der Waals surface area contributed by atoms with Crippen LogP contribution in [-0.2, 0) is 6.54 Å². The second-order valence-corrected chi connectivity index (χ2v) is 6.54. The molecule has 3 rings (SSSR count).